The molecule has 0 saturated carbocycles. The van der Waals surface area contributed by atoms with E-state index in [1.165, 1.54) is 44.9 Å². The van der Waals surface area contributed by atoms with E-state index in [0.717, 1.165) is 57.8 Å². The highest BCUT2D eigenvalue weighted by Gasteiger charge is 2.25. The second-order valence-electron chi connectivity index (χ2n) is 12.4. The monoisotopic (exact) mass is 735 g/mol. The summed E-state index contributed by atoms with van der Waals surface area (Å²) >= 11 is 0. The number of hydrogen-bond acceptors (Lipinski definition) is 8. The normalized spacial score (nSPS) is 14.2. The molecule has 1 unspecified atom stereocenters. The smallest absolute Gasteiger partial charge is 0.462 e. The van der Waals surface area contributed by atoms with Crippen LogP contribution in [0.5, 0.6) is 0 Å². The minimum absolute atomic E-state index is 0.0413. The van der Waals surface area contributed by atoms with Gasteiger partial charge < -0.3 is 20.1 Å². The van der Waals surface area contributed by atoms with Gasteiger partial charge in [-0.3, -0.25) is 18.6 Å². The zero-order valence-electron chi connectivity index (χ0n) is 31.8. The third-order valence-electron chi connectivity index (χ3n) is 7.62. The van der Waals surface area contributed by atoms with Gasteiger partial charge in [-0.15, -0.1) is 0 Å². The molecule has 0 spiro atoms. The Morgan fingerprint density at radius 1 is 0.608 bits per heavy atom. The maximum absolute atomic E-state index is 12.5. The molecule has 0 amide bonds. The first kappa shape index (κ1) is 48.5. The van der Waals surface area contributed by atoms with Crippen LogP contribution in [0.4, 0.5) is 0 Å². The lowest BCUT2D eigenvalue weighted by atomic mass is 10.1. The molecule has 0 aliphatic heterocycles. The molecule has 0 heterocycles. The van der Waals surface area contributed by atoms with Crippen LogP contribution in [0.25, 0.3) is 0 Å². The van der Waals surface area contributed by atoms with Crippen molar-refractivity contribution in [2.45, 2.75) is 148 Å². The Kier molecular flexibility index (Phi) is 35.4. The van der Waals surface area contributed by atoms with E-state index in [4.69, 9.17) is 24.3 Å². The Hall–Kier alpha value is -2.55. The van der Waals surface area contributed by atoms with Crippen molar-refractivity contribution < 1.29 is 37.6 Å². The summed E-state index contributed by atoms with van der Waals surface area (Å²) in [4.78, 5) is 34.7. The van der Waals surface area contributed by atoms with E-state index < -0.39 is 32.5 Å². The van der Waals surface area contributed by atoms with Crippen LogP contribution < -0.4 is 5.73 Å². The van der Waals surface area contributed by atoms with Crippen LogP contribution in [-0.2, 0) is 32.7 Å². The minimum Gasteiger partial charge on any atom is -0.462 e. The summed E-state index contributed by atoms with van der Waals surface area (Å²) in [5, 5.41) is 0. The number of hydrogen-bond donors (Lipinski definition) is 2. The molecule has 0 fully saturated rings. The van der Waals surface area contributed by atoms with E-state index in [2.05, 4.69) is 74.6 Å². The number of rotatable bonds is 35. The molecule has 0 aliphatic carbocycles. The molecular weight excluding hydrogens is 665 g/mol. The zero-order valence-corrected chi connectivity index (χ0v) is 32.7. The quantitative estimate of drug-likeness (QED) is 0.0282. The van der Waals surface area contributed by atoms with Gasteiger partial charge in [-0.05, 0) is 51.4 Å². The van der Waals surface area contributed by atoms with E-state index in [-0.39, 0.29) is 32.6 Å². The van der Waals surface area contributed by atoms with Crippen LogP contribution in [0, 0.1) is 0 Å². The lowest BCUT2D eigenvalue weighted by Crippen LogP contribution is -2.29. The fraction of sp³-hybridized carbons (Fsp3) is 0.659. The predicted molar refractivity (Wildman–Crippen MR) is 210 cm³/mol. The second-order valence-corrected chi connectivity index (χ2v) is 13.9. The molecule has 0 saturated heterocycles. The molecule has 0 aromatic carbocycles. The van der Waals surface area contributed by atoms with Gasteiger partial charge in [0.25, 0.3) is 0 Å². The van der Waals surface area contributed by atoms with Crippen molar-refractivity contribution in [3.63, 3.8) is 0 Å². The summed E-state index contributed by atoms with van der Waals surface area (Å²) < 4.78 is 32.5. The lowest BCUT2D eigenvalue weighted by Gasteiger charge is -2.19. The number of esters is 2. The van der Waals surface area contributed by atoms with Gasteiger partial charge in [-0.1, -0.05) is 151 Å². The highest BCUT2D eigenvalue weighted by atomic mass is 31.2. The van der Waals surface area contributed by atoms with Crippen LogP contribution in [0.15, 0.2) is 72.9 Å². The molecule has 9 nitrogen and oxygen atoms in total. The van der Waals surface area contributed by atoms with Crippen LogP contribution in [0.1, 0.15) is 142 Å². The Morgan fingerprint density at radius 3 is 1.57 bits per heavy atom. The van der Waals surface area contributed by atoms with Gasteiger partial charge in [0.05, 0.1) is 13.2 Å². The Bertz CT molecular complexity index is 1070. The number of phosphoric ester groups is 1. The van der Waals surface area contributed by atoms with Crippen molar-refractivity contribution in [2.75, 3.05) is 26.4 Å². The molecule has 3 N–H and O–H groups in total. The minimum atomic E-state index is -4.39. The largest absolute Gasteiger partial charge is 0.472 e. The van der Waals surface area contributed by atoms with E-state index in [1.807, 2.05) is 12.2 Å². The zero-order chi connectivity index (χ0) is 37.5. The molecule has 10 heteroatoms. The van der Waals surface area contributed by atoms with Crippen LogP contribution >= 0.6 is 7.82 Å². The topological polar surface area (TPSA) is 134 Å². The molecular formula is C41H70NO8P. The Balaban J connectivity index is 4.34. The highest BCUT2D eigenvalue weighted by molar-refractivity contribution is 7.47. The average molecular weight is 736 g/mol. The maximum atomic E-state index is 12.5. The van der Waals surface area contributed by atoms with Gasteiger partial charge >= 0.3 is 19.8 Å². The first-order chi connectivity index (χ1) is 24.8. The first-order valence-electron chi connectivity index (χ1n) is 19.4. The van der Waals surface area contributed by atoms with Gasteiger partial charge in [0.1, 0.15) is 6.61 Å². The highest BCUT2D eigenvalue weighted by Crippen LogP contribution is 2.43. The summed E-state index contributed by atoms with van der Waals surface area (Å²) in [7, 11) is -4.39. The first-order valence-corrected chi connectivity index (χ1v) is 20.9. The summed E-state index contributed by atoms with van der Waals surface area (Å²) in [5.74, 6) is -0.934. The second kappa shape index (κ2) is 37.2. The van der Waals surface area contributed by atoms with E-state index in [0.29, 0.717) is 12.8 Å². The van der Waals surface area contributed by atoms with Crippen molar-refractivity contribution in [1.29, 1.82) is 0 Å². The van der Waals surface area contributed by atoms with E-state index in [9.17, 15) is 19.0 Å². The van der Waals surface area contributed by atoms with E-state index >= 15 is 0 Å². The number of carbonyl (C=O) groups is 2. The summed E-state index contributed by atoms with van der Waals surface area (Å²) in [6.45, 7) is 3.49. The summed E-state index contributed by atoms with van der Waals surface area (Å²) in [6.07, 6.45) is 43.8. The van der Waals surface area contributed by atoms with Gasteiger partial charge in [-0.2, -0.15) is 0 Å². The number of allylic oxidation sites excluding steroid dienone is 12. The molecule has 2 atom stereocenters. The molecule has 0 aromatic rings. The van der Waals surface area contributed by atoms with Crippen molar-refractivity contribution in [2.24, 2.45) is 5.73 Å². The number of unbranched alkanes of at least 4 members (excludes halogenated alkanes) is 10. The number of nitrogens with two attached hydrogens (primary N) is 1. The molecule has 0 bridgehead atoms. The van der Waals surface area contributed by atoms with Crippen LogP contribution in [0.3, 0.4) is 0 Å². The fourth-order valence-electron chi connectivity index (χ4n) is 4.78. The standard InChI is InChI=1S/C41H70NO8P/c1-3-5-7-9-11-13-15-16-17-18-19-20-21-22-24-25-27-29-31-33-40(43)47-37-39(38-49-51(45,46)48-36-35-42)50-41(44)34-32-30-28-26-23-14-12-10-8-6-4-2/h5,7,11,13,16-17,19-20,22,24,27,29,39H,3-4,6,8-10,12,14-15,18,21,23,25-26,28,30-38,42H2,1-2H3,(H,45,46)/b7-5+,13-11+,17-16+,20-19+,24-22+,29-27+/t39-/m0/s1. The maximum Gasteiger partial charge on any atom is 0.472 e. The summed E-state index contributed by atoms with van der Waals surface area (Å²) in [6, 6.07) is 0. The predicted octanol–water partition coefficient (Wildman–Crippen LogP) is 10.7. The fourth-order valence-corrected chi connectivity index (χ4v) is 5.54. The van der Waals surface area contributed by atoms with Gasteiger partial charge in [0.2, 0.25) is 0 Å². The van der Waals surface area contributed by atoms with Gasteiger partial charge in [0.15, 0.2) is 6.10 Å². The molecule has 0 aromatic heterocycles. The molecule has 292 valence electrons. The Morgan fingerprint density at radius 2 is 1.08 bits per heavy atom. The lowest BCUT2D eigenvalue weighted by molar-refractivity contribution is -0.161. The van der Waals surface area contributed by atoms with E-state index in [1.54, 1.807) is 0 Å². The van der Waals surface area contributed by atoms with Gasteiger partial charge in [0, 0.05) is 19.4 Å². The molecule has 51 heavy (non-hydrogen) atoms. The molecule has 0 rings (SSSR count). The van der Waals surface area contributed by atoms with Crippen molar-refractivity contribution in [3.8, 4) is 0 Å². The van der Waals surface area contributed by atoms with Crippen LogP contribution in [0.2, 0.25) is 0 Å². The van der Waals surface area contributed by atoms with Crippen molar-refractivity contribution in [1.82, 2.24) is 0 Å². The average Bonchev–Trinajstić information content (AvgIpc) is 3.11. The third kappa shape index (κ3) is 37.0. The SMILES string of the molecule is CC/C=C/C/C=C/C/C=C/C/C=C/C/C=C/C/C=C/CCC(=O)OC[C@@H](COP(=O)(O)OCCN)OC(=O)CCCCCCCCCCCCC. The third-order valence-corrected chi connectivity index (χ3v) is 8.60. The number of phosphoric acid groups is 1. The van der Waals surface area contributed by atoms with Crippen molar-refractivity contribution >= 4 is 19.8 Å². The molecule has 0 radical (unpaired) electrons. The van der Waals surface area contributed by atoms with Gasteiger partial charge in [-0.25, -0.2) is 4.57 Å². The Labute approximate surface area is 310 Å². The van der Waals surface area contributed by atoms with Crippen molar-refractivity contribution in [3.05, 3.63) is 72.9 Å². The molecule has 0 aliphatic rings. The van der Waals surface area contributed by atoms with Crippen LogP contribution in [-0.4, -0.2) is 49.3 Å². The number of ether oxygens (including phenoxy) is 2. The number of carbonyl (C=O) groups excluding carboxylic acids is 2. The summed E-state index contributed by atoms with van der Waals surface area (Å²) in [5.41, 5.74) is 5.32.